The molecule has 0 unspecified atom stereocenters. The Labute approximate surface area is 136 Å². The van der Waals surface area contributed by atoms with Crippen LogP contribution in [0.25, 0.3) is 0 Å². The number of piperazine rings is 1. The van der Waals surface area contributed by atoms with Gasteiger partial charge in [0, 0.05) is 53.4 Å². The van der Waals surface area contributed by atoms with Crippen molar-refractivity contribution in [1.82, 2.24) is 25.3 Å². The Morgan fingerprint density at radius 1 is 1.22 bits per heavy atom. The van der Waals surface area contributed by atoms with Gasteiger partial charge in [0.2, 0.25) is 11.9 Å². The van der Waals surface area contributed by atoms with E-state index in [1.807, 2.05) is 23.9 Å². The molecule has 0 atom stereocenters. The molecule has 2 N–H and O–H groups in total. The number of piperidine rings is 1. The summed E-state index contributed by atoms with van der Waals surface area (Å²) < 4.78 is 0. The molecule has 8 nitrogen and oxygen atoms in total. The van der Waals surface area contributed by atoms with E-state index in [4.69, 9.17) is 0 Å². The van der Waals surface area contributed by atoms with Crippen LogP contribution in [0.4, 0.5) is 0 Å². The number of carbonyl (C=O) groups excluding carboxylic acids is 2. The molecule has 3 rings (SSSR count). The van der Waals surface area contributed by atoms with Gasteiger partial charge >= 0.3 is 0 Å². The lowest BCUT2D eigenvalue weighted by Gasteiger charge is -2.36. The van der Waals surface area contributed by atoms with Crippen molar-refractivity contribution in [2.75, 3.05) is 59.9 Å². The third kappa shape index (κ3) is 3.32. The van der Waals surface area contributed by atoms with E-state index >= 15 is 0 Å². The number of rotatable bonds is 2. The smallest absolute Gasteiger partial charge is 0.254 e. The summed E-state index contributed by atoms with van der Waals surface area (Å²) in [6, 6.07) is 0. The van der Waals surface area contributed by atoms with E-state index in [0.717, 1.165) is 39.3 Å². The molecule has 3 heterocycles. The second kappa shape index (κ2) is 6.45. The predicted molar refractivity (Wildman–Crippen MR) is 87.1 cm³/mol. The van der Waals surface area contributed by atoms with E-state index in [9.17, 15) is 9.59 Å². The van der Waals surface area contributed by atoms with Gasteiger partial charge in [0.25, 0.3) is 5.91 Å². The Bertz CT molecular complexity index is 504. The van der Waals surface area contributed by atoms with E-state index < -0.39 is 5.54 Å². The molecule has 128 valence electrons. The maximum atomic E-state index is 12.3. The summed E-state index contributed by atoms with van der Waals surface area (Å²) in [5.74, 6) is 0.824. The van der Waals surface area contributed by atoms with Crippen molar-refractivity contribution < 1.29 is 9.59 Å². The van der Waals surface area contributed by atoms with Crippen LogP contribution in [0.2, 0.25) is 0 Å². The molecular formula is C15H26N6O2. The zero-order valence-electron chi connectivity index (χ0n) is 14.0. The van der Waals surface area contributed by atoms with Gasteiger partial charge in [-0.3, -0.25) is 19.8 Å². The SMILES string of the molecule is CN(C)C1=NC2(CCN(CC(=O)N3CCNCC3)CC2)C(=O)N1. The van der Waals surface area contributed by atoms with Crippen molar-refractivity contribution in [1.29, 1.82) is 0 Å². The minimum absolute atomic E-state index is 0.00529. The third-order valence-corrected chi connectivity index (χ3v) is 4.90. The van der Waals surface area contributed by atoms with Crippen molar-refractivity contribution in [2.45, 2.75) is 18.4 Å². The number of aliphatic imine (C=N–C) groups is 1. The number of nitrogens with one attached hydrogen (secondary N) is 2. The molecule has 3 aliphatic heterocycles. The van der Waals surface area contributed by atoms with Crippen molar-refractivity contribution in [3.8, 4) is 0 Å². The van der Waals surface area contributed by atoms with Gasteiger partial charge < -0.3 is 15.1 Å². The van der Waals surface area contributed by atoms with Crippen LogP contribution < -0.4 is 10.6 Å². The lowest BCUT2D eigenvalue weighted by Crippen LogP contribution is -2.53. The topological polar surface area (TPSA) is 80.3 Å². The highest BCUT2D eigenvalue weighted by atomic mass is 16.2. The summed E-state index contributed by atoms with van der Waals surface area (Å²) in [6.07, 6.45) is 1.34. The molecule has 0 saturated carbocycles. The molecule has 0 bridgehead atoms. The second-order valence-electron chi connectivity index (χ2n) is 6.72. The fourth-order valence-corrected chi connectivity index (χ4v) is 3.34. The zero-order valence-corrected chi connectivity index (χ0v) is 14.0. The Kier molecular flexibility index (Phi) is 4.54. The van der Waals surface area contributed by atoms with Gasteiger partial charge in [-0.1, -0.05) is 0 Å². The lowest BCUT2D eigenvalue weighted by atomic mass is 9.88. The summed E-state index contributed by atoms with van der Waals surface area (Å²) in [5, 5.41) is 6.11. The Morgan fingerprint density at radius 2 is 1.87 bits per heavy atom. The number of nitrogens with zero attached hydrogens (tertiary/aromatic N) is 4. The molecule has 0 aromatic heterocycles. The molecule has 0 aliphatic carbocycles. The molecule has 2 fully saturated rings. The van der Waals surface area contributed by atoms with Gasteiger partial charge in [0.1, 0.15) is 5.54 Å². The predicted octanol–water partition coefficient (Wildman–Crippen LogP) is -1.70. The van der Waals surface area contributed by atoms with E-state index in [1.54, 1.807) is 0 Å². The number of guanidine groups is 1. The summed E-state index contributed by atoms with van der Waals surface area (Å²) in [7, 11) is 3.75. The van der Waals surface area contributed by atoms with Gasteiger partial charge in [-0.2, -0.15) is 0 Å². The standard InChI is InChI=1S/C15H26N6O2/c1-19(2)14-17-13(23)15(18-14)3-7-20(8-4-15)11-12(22)21-9-5-16-6-10-21/h16H,3-11H2,1-2H3,(H,17,18,23). The largest absolute Gasteiger partial charge is 0.349 e. The third-order valence-electron chi connectivity index (χ3n) is 4.90. The quantitative estimate of drug-likeness (QED) is 0.633. The first-order valence-electron chi connectivity index (χ1n) is 8.30. The van der Waals surface area contributed by atoms with Crippen molar-refractivity contribution in [2.24, 2.45) is 4.99 Å². The molecule has 0 aromatic carbocycles. The molecule has 2 saturated heterocycles. The zero-order chi connectivity index (χ0) is 16.4. The van der Waals surface area contributed by atoms with Crippen molar-refractivity contribution in [3.63, 3.8) is 0 Å². The molecular weight excluding hydrogens is 296 g/mol. The monoisotopic (exact) mass is 322 g/mol. The maximum absolute atomic E-state index is 12.3. The van der Waals surface area contributed by atoms with E-state index in [-0.39, 0.29) is 11.8 Å². The van der Waals surface area contributed by atoms with Gasteiger partial charge in [0.15, 0.2) is 0 Å². The summed E-state index contributed by atoms with van der Waals surface area (Å²) in [4.78, 5) is 35.1. The van der Waals surface area contributed by atoms with E-state index in [1.165, 1.54) is 0 Å². The number of hydrogen-bond donors (Lipinski definition) is 2. The van der Waals surface area contributed by atoms with Gasteiger partial charge in [-0.15, -0.1) is 0 Å². The first kappa shape index (κ1) is 16.2. The normalized spacial score (nSPS) is 24.5. The lowest BCUT2D eigenvalue weighted by molar-refractivity contribution is -0.133. The van der Waals surface area contributed by atoms with Crippen LogP contribution in [-0.2, 0) is 9.59 Å². The molecule has 8 heteroatoms. The molecule has 3 aliphatic rings. The average Bonchev–Trinajstić information content (AvgIpc) is 2.88. The Hall–Kier alpha value is -1.67. The molecule has 23 heavy (non-hydrogen) atoms. The number of hydrogen-bond acceptors (Lipinski definition) is 6. The second-order valence-corrected chi connectivity index (χ2v) is 6.72. The number of amides is 2. The molecule has 0 radical (unpaired) electrons. The van der Waals surface area contributed by atoms with Crippen LogP contribution in [0.3, 0.4) is 0 Å². The van der Waals surface area contributed by atoms with Gasteiger partial charge in [0.05, 0.1) is 6.54 Å². The summed E-state index contributed by atoms with van der Waals surface area (Å²) >= 11 is 0. The highest BCUT2D eigenvalue weighted by Crippen LogP contribution is 2.30. The highest BCUT2D eigenvalue weighted by Gasteiger charge is 2.46. The molecule has 2 amide bonds. The Balaban J connectivity index is 1.54. The summed E-state index contributed by atoms with van der Waals surface area (Å²) in [6.45, 7) is 5.23. The van der Waals surface area contributed by atoms with E-state index in [0.29, 0.717) is 25.3 Å². The first-order chi connectivity index (χ1) is 11.0. The summed E-state index contributed by atoms with van der Waals surface area (Å²) in [5.41, 5.74) is -0.631. The number of likely N-dealkylation sites (tertiary alicyclic amines) is 1. The fourth-order valence-electron chi connectivity index (χ4n) is 3.34. The van der Waals surface area contributed by atoms with E-state index in [2.05, 4.69) is 20.5 Å². The highest BCUT2D eigenvalue weighted by molar-refractivity contribution is 6.07. The van der Waals surface area contributed by atoms with Crippen LogP contribution in [0.1, 0.15) is 12.8 Å². The molecule has 1 spiro atoms. The Morgan fingerprint density at radius 3 is 2.43 bits per heavy atom. The van der Waals surface area contributed by atoms with Gasteiger partial charge in [-0.25, -0.2) is 4.99 Å². The maximum Gasteiger partial charge on any atom is 0.254 e. The minimum atomic E-state index is -0.631. The van der Waals surface area contributed by atoms with Crippen molar-refractivity contribution >= 4 is 17.8 Å². The number of carbonyl (C=O) groups is 2. The first-order valence-corrected chi connectivity index (χ1v) is 8.30. The minimum Gasteiger partial charge on any atom is -0.349 e. The van der Waals surface area contributed by atoms with Gasteiger partial charge in [-0.05, 0) is 12.8 Å². The fraction of sp³-hybridized carbons (Fsp3) is 0.800. The average molecular weight is 322 g/mol. The molecule has 0 aromatic rings. The van der Waals surface area contributed by atoms with Crippen molar-refractivity contribution in [3.05, 3.63) is 0 Å². The van der Waals surface area contributed by atoms with Crippen LogP contribution in [0.15, 0.2) is 4.99 Å². The van der Waals surface area contributed by atoms with Crippen LogP contribution in [0, 0.1) is 0 Å². The van der Waals surface area contributed by atoms with Crippen LogP contribution >= 0.6 is 0 Å². The van der Waals surface area contributed by atoms with Crippen LogP contribution in [-0.4, -0.2) is 97.9 Å². The van der Waals surface area contributed by atoms with Crippen LogP contribution in [0.5, 0.6) is 0 Å².